The molecule has 5 nitrogen and oxygen atoms in total. The Labute approximate surface area is 110 Å². The molecule has 0 spiro atoms. The number of fused-ring (bicyclic) bond motifs is 1. The normalized spacial score (nSPS) is 16.9. The summed E-state index contributed by atoms with van der Waals surface area (Å²) in [7, 11) is 0. The molecule has 0 saturated heterocycles. The molecule has 2 heterocycles. The standard InChI is InChI=1S/C14H13NO4/c16-14(10-5-6-17-8-10)15-7-11-9-18-12-3-1-2-4-13(12)19-11/h1-6,8,11H,7,9H2,(H,15,16). The summed E-state index contributed by atoms with van der Waals surface area (Å²) >= 11 is 0. The first-order valence-corrected chi connectivity index (χ1v) is 6.02. The molecule has 1 N–H and O–H groups in total. The van der Waals surface area contributed by atoms with Crippen molar-refractivity contribution in [2.45, 2.75) is 6.10 Å². The monoisotopic (exact) mass is 259 g/mol. The summed E-state index contributed by atoms with van der Waals surface area (Å²) in [4.78, 5) is 11.7. The minimum Gasteiger partial charge on any atom is -0.486 e. The maximum atomic E-state index is 11.7. The molecule has 19 heavy (non-hydrogen) atoms. The predicted octanol–water partition coefficient (Wildman–Crippen LogP) is 1.85. The van der Waals surface area contributed by atoms with E-state index in [0.29, 0.717) is 24.5 Å². The van der Waals surface area contributed by atoms with Gasteiger partial charge in [0.2, 0.25) is 0 Å². The van der Waals surface area contributed by atoms with E-state index in [9.17, 15) is 4.79 Å². The van der Waals surface area contributed by atoms with Crippen molar-refractivity contribution < 1.29 is 18.7 Å². The van der Waals surface area contributed by atoms with Gasteiger partial charge in [0, 0.05) is 0 Å². The number of amides is 1. The molecule has 1 aromatic heterocycles. The van der Waals surface area contributed by atoms with Crippen LogP contribution in [0.1, 0.15) is 10.4 Å². The molecule has 1 aliphatic rings. The van der Waals surface area contributed by atoms with Crippen LogP contribution in [-0.4, -0.2) is 25.2 Å². The minimum atomic E-state index is -0.189. The average molecular weight is 259 g/mol. The number of furan rings is 1. The molecule has 1 amide bonds. The molecule has 2 aromatic rings. The average Bonchev–Trinajstić information content (AvgIpc) is 2.99. The van der Waals surface area contributed by atoms with Gasteiger partial charge in [-0.1, -0.05) is 12.1 Å². The molecule has 0 fully saturated rings. The Kier molecular flexibility index (Phi) is 3.10. The van der Waals surface area contributed by atoms with Gasteiger partial charge in [-0.15, -0.1) is 0 Å². The Morgan fingerprint density at radius 2 is 2.11 bits per heavy atom. The van der Waals surface area contributed by atoms with Crippen molar-refractivity contribution in [3.63, 3.8) is 0 Å². The van der Waals surface area contributed by atoms with Gasteiger partial charge in [0.15, 0.2) is 11.5 Å². The van der Waals surface area contributed by atoms with Gasteiger partial charge in [-0.3, -0.25) is 4.79 Å². The van der Waals surface area contributed by atoms with Crippen molar-refractivity contribution in [3.05, 3.63) is 48.4 Å². The van der Waals surface area contributed by atoms with Crippen LogP contribution in [0.25, 0.3) is 0 Å². The molecule has 0 saturated carbocycles. The summed E-state index contributed by atoms with van der Waals surface area (Å²) in [5, 5.41) is 2.78. The predicted molar refractivity (Wildman–Crippen MR) is 67.4 cm³/mol. The van der Waals surface area contributed by atoms with Crippen LogP contribution in [0.5, 0.6) is 11.5 Å². The Bertz CT molecular complexity index is 565. The second-order valence-electron chi connectivity index (χ2n) is 4.22. The number of ether oxygens (including phenoxy) is 2. The molecule has 0 aliphatic carbocycles. The molecule has 0 bridgehead atoms. The summed E-state index contributed by atoms with van der Waals surface area (Å²) in [6.45, 7) is 0.807. The summed E-state index contributed by atoms with van der Waals surface area (Å²) in [5.74, 6) is 1.26. The summed E-state index contributed by atoms with van der Waals surface area (Å²) in [5.41, 5.74) is 0.497. The number of carbonyl (C=O) groups is 1. The molecule has 0 radical (unpaired) electrons. The second kappa shape index (κ2) is 5.06. The first kappa shape index (κ1) is 11.6. The van der Waals surface area contributed by atoms with Gasteiger partial charge in [0.25, 0.3) is 5.91 Å². The van der Waals surface area contributed by atoms with Crippen molar-refractivity contribution >= 4 is 5.91 Å². The van der Waals surface area contributed by atoms with Gasteiger partial charge in [0.1, 0.15) is 19.0 Å². The van der Waals surface area contributed by atoms with Crippen LogP contribution in [0.2, 0.25) is 0 Å². The van der Waals surface area contributed by atoms with Crippen molar-refractivity contribution in [2.75, 3.05) is 13.2 Å². The third-order valence-electron chi connectivity index (χ3n) is 2.84. The van der Waals surface area contributed by atoms with Crippen LogP contribution in [-0.2, 0) is 0 Å². The zero-order valence-corrected chi connectivity index (χ0v) is 10.2. The smallest absolute Gasteiger partial charge is 0.254 e. The van der Waals surface area contributed by atoms with Crippen LogP contribution in [0, 0.1) is 0 Å². The van der Waals surface area contributed by atoms with Gasteiger partial charge in [-0.2, -0.15) is 0 Å². The van der Waals surface area contributed by atoms with Gasteiger partial charge >= 0.3 is 0 Å². The van der Waals surface area contributed by atoms with E-state index in [4.69, 9.17) is 13.9 Å². The van der Waals surface area contributed by atoms with E-state index in [1.165, 1.54) is 12.5 Å². The third-order valence-corrected chi connectivity index (χ3v) is 2.84. The van der Waals surface area contributed by atoms with E-state index in [2.05, 4.69) is 5.32 Å². The molecule has 1 atom stereocenters. The molecule has 1 aliphatic heterocycles. The van der Waals surface area contributed by atoms with Crippen LogP contribution in [0.3, 0.4) is 0 Å². The topological polar surface area (TPSA) is 60.7 Å². The third kappa shape index (κ3) is 2.54. The first-order valence-electron chi connectivity index (χ1n) is 6.02. The molecule has 3 rings (SSSR count). The van der Waals surface area contributed by atoms with Crippen molar-refractivity contribution in [1.82, 2.24) is 5.32 Å². The highest BCUT2D eigenvalue weighted by Gasteiger charge is 2.21. The SMILES string of the molecule is O=C(NCC1COc2ccccc2O1)c1ccoc1. The fraction of sp³-hybridized carbons (Fsp3) is 0.214. The summed E-state index contributed by atoms with van der Waals surface area (Å²) in [6, 6.07) is 9.09. The number of hydrogen-bond donors (Lipinski definition) is 1. The van der Waals surface area contributed by atoms with Crippen LogP contribution < -0.4 is 14.8 Å². The van der Waals surface area contributed by atoms with Gasteiger partial charge in [-0.05, 0) is 18.2 Å². The van der Waals surface area contributed by atoms with E-state index < -0.39 is 0 Å². The zero-order chi connectivity index (χ0) is 13.1. The van der Waals surface area contributed by atoms with E-state index in [1.807, 2.05) is 24.3 Å². The van der Waals surface area contributed by atoms with E-state index in [1.54, 1.807) is 6.07 Å². The number of carbonyl (C=O) groups excluding carboxylic acids is 1. The molecule has 1 aromatic carbocycles. The maximum absolute atomic E-state index is 11.7. The highest BCUT2D eigenvalue weighted by atomic mass is 16.6. The molecular formula is C14H13NO4. The van der Waals surface area contributed by atoms with Gasteiger partial charge < -0.3 is 19.2 Å². The van der Waals surface area contributed by atoms with Crippen molar-refractivity contribution in [3.8, 4) is 11.5 Å². The molecule has 5 heteroatoms. The summed E-state index contributed by atoms with van der Waals surface area (Å²) in [6.07, 6.45) is 2.68. The maximum Gasteiger partial charge on any atom is 0.254 e. The highest BCUT2D eigenvalue weighted by molar-refractivity contribution is 5.93. The lowest BCUT2D eigenvalue weighted by Crippen LogP contribution is -2.40. The molecule has 1 unspecified atom stereocenters. The molecular weight excluding hydrogens is 246 g/mol. The Morgan fingerprint density at radius 1 is 1.26 bits per heavy atom. The van der Waals surface area contributed by atoms with Crippen molar-refractivity contribution in [2.24, 2.45) is 0 Å². The zero-order valence-electron chi connectivity index (χ0n) is 10.2. The van der Waals surface area contributed by atoms with Crippen LogP contribution in [0.15, 0.2) is 47.3 Å². The first-order chi connectivity index (χ1) is 9.33. The fourth-order valence-electron chi connectivity index (χ4n) is 1.87. The largest absolute Gasteiger partial charge is 0.486 e. The Balaban J connectivity index is 1.57. The summed E-state index contributed by atoms with van der Waals surface area (Å²) < 4.78 is 16.2. The quantitative estimate of drug-likeness (QED) is 0.913. The highest BCUT2D eigenvalue weighted by Crippen LogP contribution is 2.30. The number of para-hydroxylation sites is 2. The van der Waals surface area contributed by atoms with Crippen molar-refractivity contribution in [1.29, 1.82) is 0 Å². The van der Waals surface area contributed by atoms with Crippen LogP contribution in [0.4, 0.5) is 0 Å². The Morgan fingerprint density at radius 3 is 2.89 bits per heavy atom. The van der Waals surface area contributed by atoms with E-state index >= 15 is 0 Å². The number of hydrogen-bond acceptors (Lipinski definition) is 4. The number of nitrogens with one attached hydrogen (secondary N) is 1. The number of benzene rings is 1. The Hall–Kier alpha value is -2.43. The molecule has 98 valence electrons. The van der Waals surface area contributed by atoms with Gasteiger partial charge in [-0.25, -0.2) is 0 Å². The van der Waals surface area contributed by atoms with E-state index in [-0.39, 0.29) is 12.0 Å². The lowest BCUT2D eigenvalue weighted by atomic mass is 10.2. The minimum absolute atomic E-state index is 0.184. The van der Waals surface area contributed by atoms with Gasteiger partial charge in [0.05, 0.1) is 18.4 Å². The fourth-order valence-corrected chi connectivity index (χ4v) is 1.87. The van der Waals surface area contributed by atoms with Crippen LogP contribution >= 0.6 is 0 Å². The lowest BCUT2D eigenvalue weighted by Gasteiger charge is -2.26. The number of rotatable bonds is 3. The lowest BCUT2D eigenvalue weighted by molar-refractivity contribution is 0.0789. The van der Waals surface area contributed by atoms with E-state index in [0.717, 1.165) is 5.75 Å². The second-order valence-corrected chi connectivity index (χ2v) is 4.22.